The zero-order valence-corrected chi connectivity index (χ0v) is 11.6. The monoisotopic (exact) mass is 283 g/mol. The van der Waals surface area contributed by atoms with Crippen molar-refractivity contribution >= 4 is 21.5 Å². The van der Waals surface area contributed by atoms with Crippen LogP contribution in [0.25, 0.3) is 0 Å². The molecule has 6 heteroatoms. The number of rotatable bonds is 3. The third kappa shape index (κ3) is 3.07. The number of carboxylic acid groups (broad SMARTS) is 1. The van der Waals surface area contributed by atoms with Crippen LogP contribution in [0, 0.1) is 0 Å². The Morgan fingerprint density at radius 3 is 2.37 bits per heavy atom. The second-order valence-electron chi connectivity index (χ2n) is 4.81. The first-order valence-electron chi connectivity index (χ1n) is 6.22. The minimum Gasteiger partial charge on any atom is -0.478 e. The smallest absolute Gasteiger partial charge is 0.335 e. The minimum atomic E-state index is -3.44. The van der Waals surface area contributed by atoms with Gasteiger partial charge in [-0.1, -0.05) is 0 Å². The highest BCUT2D eigenvalue weighted by Crippen LogP contribution is 2.28. The van der Waals surface area contributed by atoms with Gasteiger partial charge in [0.1, 0.15) is 0 Å². The van der Waals surface area contributed by atoms with Gasteiger partial charge in [-0.15, -0.1) is 0 Å². The van der Waals surface area contributed by atoms with E-state index in [1.165, 1.54) is 12.1 Å². The lowest BCUT2D eigenvalue weighted by atomic mass is 10.1. The molecule has 0 unspecified atom stereocenters. The molecule has 1 heterocycles. The Morgan fingerprint density at radius 2 is 1.84 bits per heavy atom. The molecule has 0 saturated carbocycles. The lowest BCUT2D eigenvalue weighted by Gasteiger charge is -2.30. The van der Waals surface area contributed by atoms with E-state index in [1.807, 2.05) is 4.90 Å². The van der Waals surface area contributed by atoms with Crippen molar-refractivity contribution in [2.45, 2.75) is 24.2 Å². The van der Waals surface area contributed by atoms with Crippen LogP contribution in [0.4, 0.5) is 5.69 Å². The summed E-state index contributed by atoms with van der Waals surface area (Å²) in [7, 11) is -3.44. The first kappa shape index (κ1) is 13.9. The van der Waals surface area contributed by atoms with E-state index in [0.717, 1.165) is 38.6 Å². The largest absolute Gasteiger partial charge is 0.478 e. The van der Waals surface area contributed by atoms with Gasteiger partial charge in [0.15, 0.2) is 9.84 Å². The maximum atomic E-state index is 11.9. The number of hydrogen-bond donors (Lipinski definition) is 1. The summed E-state index contributed by atoms with van der Waals surface area (Å²) in [5.74, 6) is -1.12. The predicted octanol–water partition coefficient (Wildman–Crippen LogP) is 1.78. The minimum absolute atomic E-state index is 0.00110. The fourth-order valence-electron chi connectivity index (χ4n) is 2.34. The fraction of sp³-hybridized carbons (Fsp3) is 0.462. The second kappa shape index (κ2) is 5.21. The van der Waals surface area contributed by atoms with E-state index in [9.17, 15) is 13.2 Å². The highest BCUT2D eigenvalue weighted by atomic mass is 32.2. The number of anilines is 1. The zero-order valence-electron chi connectivity index (χ0n) is 10.8. The van der Waals surface area contributed by atoms with Gasteiger partial charge in [-0.05, 0) is 37.5 Å². The lowest BCUT2D eigenvalue weighted by molar-refractivity contribution is 0.0696. The fourth-order valence-corrected chi connectivity index (χ4v) is 3.26. The predicted molar refractivity (Wildman–Crippen MR) is 72.6 cm³/mol. The maximum absolute atomic E-state index is 11.9. The van der Waals surface area contributed by atoms with Gasteiger partial charge in [0, 0.05) is 19.3 Å². The van der Waals surface area contributed by atoms with Crippen LogP contribution >= 0.6 is 0 Å². The summed E-state index contributed by atoms with van der Waals surface area (Å²) in [5, 5.41) is 8.97. The highest BCUT2D eigenvalue weighted by molar-refractivity contribution is 7.90. The summed E-state index contributed by atoms with van der Waals surface area (Å²) < 4.78 is 23.7. The summed E-state index contributed by atoms with van der Waals surface area (Å²) in [5.41, 5.74) is 0.619. The van der Waals surface area contributed by atoms with Crippen molar-refractivity contribution < 1.29 is 18.3 Å². The third-order valence-electron chi connectivity index (χ3n) is 3.30. The van der Waals surface area contributed by atoms with Crippen molar-refractivity contribution in [3.05, 3.63) is 23.8 Å². The van der Waals surface area contributed by atoms with E-state index in [2.05, 4.69) is 0 Å². The quantitative estimate of drug-likeness (QED) is 0.915. The van der Waals surface area contributed by atoms with Crippen LogP contribution in [-0.2, 0) is 9.84 Å². The van der Waals surface area contributed by atoms with Gasteiger partial charge in [0.25, 0.3) is 0 Å². The molecule has 1 saturated heterocycles. The van der Waals surface area contributed by atoms with Crippen LogP contribution in [0.3, 0.4) is 0 Å². The molecule has 0 atom stereocenters. The first-order valence-corrected chi connectivity index (χ1v) is 8.11. The Balaban J connectivity index is 2.50. The summed E-state index contributed by atoms with van der Waals surface area (Å²) in [6.07, 6.45) is 4.33. The Bertz CT molecular complexity index is 589. The van der Waals surface area contributed by atoms with Crippen molar-refractivity contribution in [1.82, 2.24) is 0 Å². The molecule has 1 fully saturated rings. The Morgan fingerprint density at radius 1 is 1.21 bits per heavy atom. The van der Waals surface area contributed by atoms with Gasteiger partial charge >= 0.3 is 5.97 Å². The van der Waals surface area contributed by atoms with E-state index >= 15 is 0 Å². The van der Waals surface area contributed by atoms with Crippen LogP contribution in [0.2, 0.25) is 0 Å². The number of hydrogen-bond acceptors (Lipinski definition) is 4. The number of benzene rings is 1. The number of sulfone groups is 1. The van der Waals surface area contributed by atoms with Gasteiger partial charge in [0.05, 0.1) is 16.1 Å². The van der Waals surface area contributed by atoms with Crippen molar-refractivity contribution in [3.8, 4) is 0 Å². The molecule has 0 aliphatic carbocycles. The number of nitrogens with zero attached hydrogens (tertiary/aromatic N) is 1. The van der Waals surface area contributed by atoms with Gasteiger partial charge < -0.3 is 10.0 Å². The average Bonchev–Trinajstić information content (AvgIpc) is 2.38. The number of carbonyl (C=O) groups is 1. The molecule has 104 valence electrons. The molecule has 5 nitrogen and oxygen atoms in total. The van der Waals surface area contributed by atoms with Gasteiger partial charge in [-0.2, -0.15) is 0 Å². The van der Waals surface area contributed by atoms with Crippen LogP contribution in [0.1, 0.15) is 29.6 Å². The number of piperidine rings is 1. The van der Waals surface area contributed by atoms with Crippen LogP contribution in [0.5, 0.6) is 0 Å². The van der Waals surface area contributed by atoms with E-state index in [0.29, 0.717) is 5.69 Å². The summed E-state index contributed by atoms with van der Waals surface area (Å²) in [4.78, 5) is 13.1. The van der Waals surface area contributed by atoms with Crippen molar-refractivity contribution in [2.24, 2.45) is 0 Å². The molecule has 1 aliphatic rings. The summed E-state index contributed by atoms with van der Waals surface area (Å²) in [6.45, 7) is 1.63. The molecule has 1 N–H and O–H groups in total. The standard InChI is InChI=1S/C13H17NO4S/c1-19(17,18)12-9-10(13(15)16)5-6-11(12)14-7-3-2-4-8-14/h5-6,9H,2-4,7-8H2,1H3,(H,15,16). The SMILES string of the molecule is CS(=O)(=O)c1cc(C(=O)O)ccc1N1CCCCC1. The Hall–Kier alpha value is -1.56. The molecule has 1 aromatic carbocycles. The van der Waals surface area contributed by atoms with E-state index in [-0.39, 0.29) is 10.5 Å². The number of aromatic carboxylic acids is 1. The topological polar surface area (TPSA) is 74.7 Å². The van der Waals surface area contributed by atoms with E-state index in [1.54, 1.807) is 6.07 Å². The van der Waals surface area contributed by atoms with E-state index in [4.69, 9.17) is 5.11 Å². The molecule has 0 radical (unpaired) electrons. The first-order chi connectivity index (χ1) is 8.89. The molecule has 1 aliphatic heterocycles. The van der Waals surface area contributed by atoms with Crippen molar-refractivity contribution in [3.63, 3.8) is 0 Å². The van der Waals surface area contributed by atoms with Gasteiger partial charge in [0.2, 0.25) is 0 Å². The zero-order chi connectivity index (χ0) is 14.0. The summed E-state index contributed by atoms with van der Waals surface area (Å²) in [6, 6.07) is 4.31. The van der Waals surface area contributed by atoms with Gasteiger partial charge in [-0.3, -0.25) is 0 Å². The molecule has 1 aromatic rings. The van der Waals surface area contributed by atoms with Crippen molar-refractivity contribution in [2.75, 3.05) is 24.2 Å². The second-order valence-corrected chi connectivity index (χ2v) is 6.79. The highest BCUT2D eigenvalue weighted by Gasteiger charge is 2.21. The van der Waals surface area contributed by atoms with Gasteiger partial charge in [-0.25, -0.2) is 13.2 Å². The number of carboxylic acids is 1. The lowest BCUT2D eigenvalue weighted by Crippen LogP contribution is -2.30. The van der Waals surface area contributed by atoms with Crippen molar-refractivity contribution in [1.29, 1.82) is 0 Å². The molecule has 0 spiro atoms. The van der Waals surface area contributed by atoms with Crippen LogP contribution in [0.15, 0.2) is 23.1 Å². The average molecular weight is 283 g/mol. The maximum Gasteiger partial charge on any atom is 0.335 e. The molecule has 0 bridgehead atoms. The summed E-state index contributed by atoms with van der Waals surface area (Å²) >= 11 is 0. The molecule has 19 heavy (non-hydrogen) atoms. The third-order valence-corrected chi connectivity index (χ3v) is 4.43. The Labute approximate surface area is 112 Å². The molecular weight excluding hydrogens is 266 g/mol. The molecule has 0 aromatic heterocycles. The normalized spacial score (nSPS) is 16.4. The molecule has 2 rings (SSSR count). The molecule has 0 amide bonds. The molecular formula is C13H17NO4S. The van der Waals surface area contributed by atoms with Crippen LogP contribution in [-0.4, -0.2) is 38.8 Å². The van der Waals surface area contributed by atoms with Crippen LogP contribution < -0.4 is 4.90 Å². The Kier molecular flexibility index (Phi) is 3.80. The van der Waals surface area contributed by atoms with E-state index < -0.39 is 15.8 Å².